The summed E-state index contributed by atoms with van der Waals surface area (Å²) < 4.78 is 27.6. The normalized spacial score (nSPS) is 12.2. The van der Waals surface area contributed by atoms with Gasteiger partial charge in [-0.25, -0.2) is 9.07 Å². The third-order valence-corrected chi connectivity index (χ3v) is 5.78. The van der Waals surface area contributed by atoms with Crippen LogP contribution in [0, 0.1) is 5.82 Å². The zero-order valence-electron chi connectivity index (χ0n) is 21.9. The van der Waals surface area contributed by atoms with Crippen molar-refractivity contribution in [3.63, 3.8) is 0 Å². The summed E-state index contributed by atoms with van der Waals surface area (Å²) in [6.07, 6.45) is 0. The van der Waals surface area contributed by atoms with Gasteiger partial charge in [-0.2, -0.15) is 0 Å². The van der Waals surface area contributed by atoms with Crippen LogP contribution in [0.4, 0.5) is 10.1 Å². The number of ether oxygens (including phenoxy) is 2. The maximum Gasteiger partial charge on any atom is 0.249 e. The van der Waals surface area contributed by atoms with E-state index in [1.165, 1.54) is 37.1 Å². The molecule has 0 bridgehead atoms. The highest BCUT2D eigenvalue weighted by Gasteiger charge is 2.36. The molecule has 0 saturated carbocycles. The molecular weight excluding hydrogens is 489 g/mol. The minimum atomic E-state index is -1.27. The number of hydrogen-bond acceptors (Lipinski definition) is 6. The molecule has 0 unspecified atom stereocenters. The number of carbonyl (C=O) groups is 2. The maximum absolute atomic E-state index is 15.3. The van der Waals surface area contributed by atoms with Gasteiger partial charge in [-0.15, -0.1) is 5.10 Å². The Morgan fingerprint density at radius 1 is 1.00 bits per heavy atom. The van der Waals surface area contributed by atoms with E-state index in [-0.39, 0.29) is 12.2 Å². The van der Waals surface area contributed by atoms with E-state index in [4.69, 9.17) is 9.47 Å². The molecule has 1 atom stereocenters. The van der Waals surface area contributed by atoms with E-state index in [2.05, 4.69) is 15.6 Å². The Morgan fingerprint density at radius 2 is 1.63 bits per heavy atom. The van der Waals surface area contributed by atoms with Crippen molar-refractivity contribution >= 4 is 28.5 Å². The topological polar surface area (TPSA) is 98.6 Å². The number of amides is 2. The number of methoxy groups -OCH3 is 2. The highest BCUT2D eigenvalue weighted by atomic mass is 19.1. The smallest absolute Gasteiger partial charge is 0.249 e. The van der Waals surface area contributed by atoms with Crippen molar-refractivity contribution in [2.24, 2.45) is 0 Å². The van der Waals surface area contributed by atoms with Gasteiger partial charge >= 0.3 is 0 Å². The lowest BCUT2D eigenvalue weighted by Crippen LogP contribution is -2.50. The Bertz CT molecular complexity index is 1440. The molecule has 0 fully saturated rings. The minimum absolute atomic E-state index is 0.0576. The lowest BCUT2D eigenvalue weighted by molar-refractivity contribution is -0.128. The van der Waals surface area contributed by atoms with Gasteiger partial charge in [0.2, 0.25) is 11.8 Å². The van der Waals surface area contributed by atoms with Crippen LogP contribution in [0.5, 0.6) is 11.5 Å². The summed E-state index contributed by atoms with van der Waals surface area (Å²) in [7, 11) is 2.97. The van der Waals surface area contributed by atoms with Crippen LogP contribution in [-0.2, 0) is 16.1 Å². The van der Waals surface area contributed by atoms with E-state index >= 15 is 4.39 Å². The average Bonchev–Trinajstić information content (AvgIpc) is 3.28. The second-order valence-electron chi connectivity index (χ2n) is 9.74. The van der Waals surface area contributed by atoms with E-state index in [0.717, 1.165) is 4.90 Å². The maximum atomic E-state index is 15.3. The van der Waals surface area contributed by atoms with Crippen molar-refractivity contribution in [1.82, 2.24) is 20.3 Å². The number of halogens is 1. The van der Waals surface area contributed by atoms with Crippen LogP contribution < -0.4 is 19.7 Å². The van der Waals surface area contributed by atoms with Crippen LogP contribution in [0.2, 0.25) is 0 Å². The highest BCUT2D eigenvalue weighted by Crippen LogP contribution is 2.35. The molecule has 0 aliphatic carbocycles. The fourth-order valence-electron chi connectivity index (χ4n) is 4.15. The van der Waals surface area contributed by atoms with Gasteiger partial charge in [-0.05, 0) is 62.7 Å². The van der Waals surface area contributed by atoms with Crippen molar-refractivity contribution in [2.45, 2.75) is 38.9 Å². The number of nitrogens with one attached hydrogen (secondary N) is 1. The van der Waals surface area contributed by atoms with Crippen LogP contribution >= 0.6 is 0 Å². The second-order valence-corrected chi connectivity index (χ2v) is 9.74. The molecule has 9 nitrogen and oxygen atoms in total. The van der Waals surface area contributed by atoms with Crippen molar-refractivity contribution in [3.8, 4) is 11.5 Å². The van der Waals surface area contributed by atoms with E-state index in [1.807, 2.05) is 32.9 Å². The van der Waals surface area contributed by atoms with E-state index in [1.54, 1.807) is 36.4 Å². The first kappa shape index (κ1) is 26.6. The SMILES string of the molecule is COc1cc(OC)cc([C@@H](C(=O)NC(C)(C)C)N(C(=O)Cn2nnc3ccccc32)c2ccccc2F)c1. The molecule has 0 spiro atoms. The molecule has 0 radical (unpaired) electrons. The number of nitrogens with zero attached hydrogens (tertiary/aromatic N) is 4. The summed E-state index contributed by atoms with van der Waals surface area (Å²) in [5.41, 5.74) is 0.927. The molecule has 10 heteroatoms. The van der Waals surface area contributed by atoms with Gasteiger partial charge in [0, 0.05) is 11.6 Å². The van der Waals surface area contributed by atoms with Crippen LogP contribution in [0.1, 0.15) is 32.4 Å². The monoisotopic (exact) mass is 519 g/mol. The molecule has 0 saturated heterocycles. The number of anilines is 1. The summed E-state index contributed by atoms with van der Waals surface area (Å²) in [5, 5.41) is 11.2. The highest BCUT2D eigenvalue weighted by molar-refractivity contribution is 6.02. The first-order valence-electron chi connectivity index (χ1n) is 12.0. The molecule has 4 rings (SSSR count). The molecule has 2 amide bonds. The third-order valence-electron chi connectivity index (χ3n) is 5.78. The first-order chi connectivity index (χ1) is 18.1. The second kappa shape index (κ2) is 10.9. The Balaban J connectivity index is 1.89. The van der Waals surface area contributed by atoms with Crippen molar-refractivity contribution in [3.05, 3.63) is 78.1 Å². The first-order valence-corrected chi connectivity index (χ1v) is 12.0. The van der Waals surface area contributed by atoms with Gasteiger partial charge in [0.05, 0.1) is 25.4 Å². The fourth-order valence-corrected chi connectivity index (χ4v) is 4.15. The lowest BCUT2D eigenvalue weighted by atomic mass is 10.00. The van der Waals surface area contributed by atoms with Gasteiger partial charge in [-0.1, -0.05) is 29.5 Å². The predicted molar refractivity (Wildman–Crippen MR) is 142 cm³/mol. The van der Waals surface area contributed by atoms with E-state index in [0.29, 0.717) is 28.1 Å². The number of aromatic nitrogens is 3. The average molecular weight is 520 g/mol. The number of para-hydroxylation sites is 2. The standard InChI is InChI=1S/C28H30FN5O4/c1-28(2,3)30-27(36)26(18-14-19(37-4)16-20(15-18)38-5)34(23-12-8-6-10-21(23)29)25(35)17-33-24-13-9-7-11-22(24)31-32-33/h6-16,26H,17H2,1-5H3,(H,30,36)/t26-/m0/s1. The number of carbonyl (C=O) groups excluding carboxylic acids is 2. The van der Waals surface area contributed by atoms with Crippen LogP contribution in [0.25, 0.3) is 11.0 Å². The van der Waals surface area contributed by atoms with Crippen LogP contribution in [0.3, 0.4) is 0 Å². The zero-order valence-corrected chi connectivity index (χ0v) is 21.9. The zero-order chi connectivity index (χ0) is 27.4. The van der Waals surface area contributed by atoms with Crippen LogP contribution in [-0.4, -0.2) is 46.6 Å². The van der Waals surface area contributed by atoms with E-state index < -0.39 is 29.2 Å². The molecule has 1 N–H and O–H groups in total. The summed E-state index contributed by atoms with van der Waals surface area (Å²) in [6.45, 7) is 5.19. The Morgan fingerprint density at radius 3 is 2.26 bits per heavy atom. The Labute approximate surface area is 220 Å². The third kappa shape index (κ3) is 5.74. The van der Waals surface area contributed by atoms with Gasteiger partial charge in [0.1, 0.15) is 35.4 Å². The largest absolute Gasteiger partial charge is 0.497 e. The number of fused-ring (bicyclic) bond motifs is 1. The summed E-state index contributed by atoms with van der Waals surface area (Å²) in [4.78, 5) is 29.0. The van der Waals surface area contributed by atoms with E-state index in [9.17, 15) is 9.59 Å². The van der Waals surface area contributed by atoms with Crippen molar-refractivity contribution < 1.29 is 23.5 Å². The molecule has 1 heterocycles. The minimum Gasteiger partial charge on any atom is -0.497 e. The molecule has 38 heavy (non-hydrogen) atoms. The predicted octanol–water partition coefficient (Wildman–Crippen LogP) is 4.28. The molecule has 198 valence electrons. The molecule has 1 aromatic heterocycles. The number of rotatable bonds is 8. The quantitative estimate of drug-likeness (QED) is 0.373. The van der Waals surface area contributed by atoms with Crippen LogP contribution in [0.15, 0.2) is 66.7 Å². The lowest BCUT2D eigenvalue weighted by Gasteiger charge is -2.34. The summed E-state index contributed by atoms with van der Waals surface area (Å²) in [6, 6.07) is 16.7. The van der Waals surface area contributed by atoms with Gasteiger partial charge in [-0.3, -0.25) is 14.5 Å². The number of hydrogen-bond donors (Lipinski definition) is 1. The van der Waals surface area contributed by atoms with Crippen molar-refractivity contribution in [2.75, 3.05) is 19.1 Å². The molecular formula is C28H30FN5O4. The molecule has 4 aromatic rings. The van der Waals surface area contributed by atoms with Crippen molar-refractivity contribution in [1.29, 1.82) is 0 Å². The summed E-state index contributed by atoms with van der Waals surface area (Å²) in [5.74, 6) is -0.908. The number of benzene rings is 3. The molecule has 0 aliphatic rings. The fraction of sp³-hybridized carbons (Fsp3) is 0.286. The Kier molecular flexibility index (Phi) is 7.61. The summed E-state index contributed by atoms with van der Waals surface area (Å²) >= 11 is 0. The van der Waals surface area contributed by atoms with Gasteiger partial charge < -0.3 is 14.8 Å². The van der Waals surface area contributed by atoms with Gasteiger partial charge in [0.25, 0.3) is 0 Å². The Hall–Kier alpha value is -4.47. The van der Waals surface area contributed by atoms with Gasteiger partial charge in [0.15, 0.2) is 0 Å². The molecule has 3 aromatic carbocycles. The molecule has 0 aliphatic heterocycles.